The predicted octanol–water partition coefficient (Wildman–Crippen LogP) is 3.13. The zero-order chi connectivity index (χ0) is 15.5. The number of amides is 1. The first-order chi connectivity index (χ1) is 10.2. The molecule has 0 bridgehead atoms. The first kappa shape index (κ1) is 17.5. The summed E-state index contributed by atoms with van der Waals surface area (Å²) in [4.78, 5) is 12.0. The summed E-state index contributed by atoms with van der Waals surface area (Å²) in [6, 6.07) is 7.08. The molecular weight excluding hydrogens is 264 g/mol. The van der Waals surface area contributed by atoms with Crippen molar-refractivity contribution in [2.45, 2.75) is 52.0 Å². The standard InChI is InChI=1S/C17H28N2O2/c1-3-5-11-18-15(13-17(21)19-12-6-4-2)14-9-7-8-10-16(14)20/h7-10,15,18,20H,3-6,11-13H2,1-2H3,(H,19,21)/t15-/m1/s1. The van der Waals surface area contributed by atoms with Crippen molar-refractivity contribution in [3.05, 3.63) is 29.8 Å². The van der Waals surface area contributed by atoms with Crippen LogP contribution in [0.5, 0.6) is 5.75 Å². The molecule has 1 atom stereocenters. The molecule has 1 rings (SSSR count). The van der Waals surface area contributed by atoms with Crippen LogP contribution in [0.1, 0.15) is 57.6 Å². The molecular formula is C17H28N2O2. The summed E-state index contributed by atoms with van der Waals surface area (Å²) in [7, 11) is 0. The van der Waals surface area contributed by atoms with Crippen LogP contribution in [-0.4, -0.2) is 24.1 Å². The Morgan fingerprint density at radius 1 is 1.14 bits per heavy atom. The number of rotatable bonds is 10. The molecule has 0 spiro atoms. The summed E-state index contributed by atoms with van der Waals surface area (Å²) in [5, 5.41) is 16.3. The Labute approximate surface area is 128 Å². The van der Waals surface area contributed by atoms with Crippen LogP contribution >= 0.6 is 0 Å². The molecule has 21 heavy (non-hydrogen) atoms. The molecule has 0 aliphatic rings. The predicted molar refractivity (Wildman–Crippen MR) is 86.3 cm³/mol. The number of phenols is 1. The lowest BCUT2D eigenvalue weighted by Crippen LogP contribution is -2.31. The monoisotopic (exact) mass is 292 g/mol. The van der Waals surface area contributed by atoms with Gasteiger partial charge in [0.15, 0.2) is 0 Å². The number of nitrogens with one attached hydrogen (secondary N) is 2. The SMILES string of the molecule is CCCCNC(=O)C[C@@H](NCCCC)c1ccccc1O. The minimum absolute atomic E-state index is 0.0284. The van der Waals surface area contributed by atoms with Crippen molar-refractivity contribution in [1.29, 1.82) is 0 Å². The number of aromatic hydroxyl groups is 1. The van der Waals surface area contributed by atoms with Crippen LogP contribution in [0.3, 0.4) is 0 Å². The van der Waals surface area contributed by atoms with Crippen LogP contribution < -0.4 is 10.6 Å². The van der Waals surface area contributed by atoms with E-state index < -0.39 is 0 Å². The Kier molecular flexibility index (Phi) is 8.51. The summed E-state index contributed by atoms with van der Waals surface area (Å²) in [6.07, 6.45) is 4.57. The Hall–Kier alpha value is -1.55. The van der Waals surface area contributed by atoms with Crippen LogP contribution in [-0.2, 0) is 4.79 Å². The number of hydrogen-bond donors (Lipinski definition) is 3. The van der Waals surface area contributed by atoms with Crippen molar-refractivity contribution in [1.82, 2.24) is 10.6 Å². The molecule has 1 amide bonds. The molecule has 0 unspecified atom stereocenters. The number of carbonyl (C=O) groups is 1. The van der Waals surface area contributed by atoms with Gasteiger partial charge in [0.25, 0.3) is 0 Å². The molecule has 118 valence electrons. The topological polar surface area (TPSA) is 61.4 Å². The second-order valence-electron chi connectivity index (χ2n) is 5.33. The van der Waals surface area contributed by atoms with E-state index in [0.29, 0.717) is 6.42 Å². The molecule has 0 heterocycles. The third-order valence-corrected chi connectivity index (χ3v) is 3.48. The Morgan fingerprint density at radius 3 is 2.48 bits per heavy atom. The van der Waals surface area contributed by atoms with Crippen molar-refractivity contribution in [2.75, 3.05) is 13.1 Å². The third kappa shape index (κ3) is 6.63. The Balaban J connectivity index is 2.64. The highest BCUT2D eigenvalue weighted by atomic mass is 16.3. The summed E-state index contributed by atoms with van der Waals surface area (Å²) in [6.45, 7) is 5.80. The maximum atomic E-state index is 12.0. The van der Waals surface area contributed by atoms with Gasteiger partial charge in [0.05, 0.1) is 0 Å². The third-order valence-electron chi connectivity index (χ3n) is 3.48. The molecule has 0 aliphatic carbocycles. The van der Waals surface area contributed by atoms with Crippen molar-refractivity contribution in [3.63, 3.8) is 0 Å². The van der Waals surface area contributed by atoms with Crippen molar-refractivity contribution in [3.8, 4) is 5.75 Å². The van der Waals surface area contributed by atoms with E-state index in [1.54, 1.807) is 12.1 Å². The normalized spacial score (nSPS) is 12.1. The molecule has 1 aromatic carbocycles. The van der Waals surface area contributed by atoms with Crippen LogP contribution in [0.4, 0.5) is 0 Å². The van der Waals surface area contributed by atoms with E-state index in [1.807, 2.05) is 12.1 Å². The van der Waals surface area contributed by atoms with E-state index >= 15 is 0 Å². The number of unbranched alkanes of at least 4 members (excludes halogenated alkanes) is 2. The second-order valence-corrected chi connectivity index (χ2v) is 5.33. The maximum Gasteiger partial charge on any atom is 0.221 e. The van der Waals surface area contributed by atoms with E-state index in [1.165, 1.54) is 0 Å². The fraction of sp³-hybridized carbons (Fsp3) is 0.588. The number of para-hydroxylation sites is 1. The van der Waals surface area contributed by atoms with Gasteiger partial charge in [-0.3, -0.25) is 4.79 Å². The molecule has 0 saturated heterocycles. The first-order valence-corrected chi connectivity index (χ1v) is 7.97. The van der Waals surface area contributed by atoms with E-state index in [-0.39, 0.29) is 17.7 Å². The van der Waals surface area contributed by atoms with Gasteiger partial charge >= 0.3 is 0 Å². The van der Waals surface area contributed by atoms with Crippen LogP contribution in [0.2, 0.25) is 0 Å². The molecule has 4 heteroatoms. The smallest absolute Gasteiger partial charge is 0.221 e. The summed E-state index contributed by atoms with van der Waals surface area (Å²) >= 11 is 0. The van der Waals surface area contributed by atoms with Crippen LogP contribution in [0.15, 0.2) is 24.3 Å². The molecule has 0 fully saturated rings. The largest absolute Gasteiger partial charge is 0.508 e. The van der Waals surface area contributed by atoms with Gasteiger partial charge in [-0.2, -0.15) is 0 Å². The van der Waals surface area contributed by atoms with Gasteiger partial charge in [-0.1, -0.05) is 44.9 Å². The highest BCUT2D eigenvalue weighted by molar-refractivity contribution is 5.76. The Bertz CT molecular complexity index is 421. The fourth-order valence-corrected chi connectivity index (χ4v) is 2.19. The van der Waals surface area contributed by atoms with Crippen molar-refractivity contribution >= 4 is 5.91 Å². The number of carbonyl (C=O) groups excluding carboxylic acids is 1. The van der Waals surface area contributed by atoms with E-state index in [4.69, 9.17) is 0 Å². The molecule has 4 nitrogen and oxygen atoms in total. The van der Waals surface area contributed by atoms with Crippen LogP contribution in [0, 0.1) is 0 Å². The van der Waals surface area contributed by atoms with Crippen molar-refractivity contribution < 1.29 is 9.90 Å². The van der Waals surface area contributed by atoms with Gasteiger partial charge < -0.3 is 15.7 Å². The maximum absolute atomic E-state index is 12.0. The summed E-state index contributed by atoms with van der Waals surface area (Å²) < 4.78 is 0. The summed E-state index contributed by atoms with van der Waals surface area (Å²) in [5.74, 6) is 0.272. The highest BCUT2D eigenvalue weighted by Gasteiger charge is 2.17. The molecule has 0 aromatic heterocycles. The van der Waals surface area contributed by atoms with Crippen LogP contribution in [0.25, 0.3) is 0 Å². The highest BCUT2D eigenvalue weighted by Crippen LogP contribution is 2.26. The van der Waals surface area contributed by atoms with E-state index in [9.17, 15) is 9.90 Å². The number of benzene rings is 1. The minimum atomic E-state index is -0.139. The molecule has 0 aliphatic heterocycles. The summed E-state index contributed by atoms with van der Waals surface area (Å²) in [5.41, 5.74) is 0.791. The first-order valence-electron chi connectivity index (χ1n) is 7.97. The quantitative estimate of drug-likeness (QED) is 0.581. The zero-order valence-corrected chi connectivity index (χ0v) is 13.2. The van der Waals surface area contributed by atoms with Gasteiger partial charge in [-0.05, 0) is 25.5 Å². The minimum Gasteiger partial charge on any atom is -0.508 e. The average molecular weight is 292 g/mol. The molecule has 0 saturated carbocycles. The van der Waals surface area contributed by atoms with Crippen molar-refractivity contribution in [2.24, 2.45) is 0 Å². The average Bonchev–Trinajstić information content (AvgIpc) is 2.47. The zero-order valence-electron chi connectivity index (χ0n) is 13.2. The van der Waals surface area contributed by atoms with Gasteiger partial charge in [0, 0.05) is 24.6 Å². The van der Waals surface area contributed by atoms with E-state index in [2.05, 4.69) is 24.5 Å². The second kappa shape index (κ2) is 10.2. The van der Waals surface area contributed by atoms with Gasteiger partial charge in [0.2, 0.25) is 5.91 Å². The van der Waals surface area contributed by atoms with Gasteiger partial charge in [-0.25, -0.2) is 0 Å². The lowest BCUT2D eigenvalue weighted by Gasteiger charge is -2.20. The molecule has 0 radical (unpaired) electrons. The van der Waals surface area contributed by atoms with Gasteiger partial charge in [0.1, 0.15) is 5.75 Å². The Morgan fingerprint density at radius 2 is 1.81 bits per heavy atom. The number of phenolic OH excluding ortho intramolecular Hbond substituents is 1. The molecule has 3 N–H and O–H groups in total. The van der Waals surface area contributed by atoms with Gasteiger partial charge in [-0.15, -0.1) is 0 Å². The molecule has 1 aromatic rings. The lowest BCUT2D eigenvalue weighted by atomic mass is 10.0. The lowest BCUT2D eigenvalue weighted by molar-refractivity contribution is -0.121. The van der Waals surface area contributed by atoms with E-state index in [0.717, 1.165) is 44.3 Å². The fourth-order valence-electron chi connectivity index (χ4n) is 2.19. The number of hydrogen-bond acceptors (Lipinski definition) is 3.